The highest BCUT2D eigenvalue weighted by atomic mass is 16.5. The number of carbonyl (C=O) groups is 2. The molecule has 0 bridgehead atoms. The number of benzene rings is 3. The molecule has 0 aliphatic rings. The molecule has 0 radical (unpaired) electrons. The van der Waals surface area contributed by atoms with Crippen molar-refractivity contribution in [1.29, 1.82) is 0 Å². The van der Waals surface area contributed by atoms with Crippen molar-refractivity contribution in [3.63, 3.8) is 0 Å². The van der Waals surface area contributed by atoms with Gasteiger partial charge in [0.1, 0.15) is 11.5 Å². The summed E-state index contributed by atoms with van der Waals surface area (Å²) in [6, 6.07) is 21.3. The second kappa shape index (κ2) is 11.4. The van der Waals surface area contributed by atoms with E-state index in [0.717, 1.165) is 11.1 Å². The van der Waals surface area contributed by atoms with E-state index >= 15 is 0 Å². The summed E-state index contributed by atoms with van der Waals surface area (Å²) in [6.07, 6.45) is 3.14. The van der Waals surface area contributed by atoms with Gasteiger partial charge >= 0.3 is 6.03 Å². The number of para-hydroxylation sites is 1. The molecule has 33 heavy (non-hydrogen) atoms. The fourth-order valence-electron chi connectivity index (χ4n) is 3.15. The molecule has 3 aromatic carbocycles. The van der Waals surface area contributed by atoms with Gasteiger partial charge in [0.15, 0.2) is 0 Å². The molecule has 0 aliphatic heterocycles. The maximum atomic E-state index is 12.4. The molecular formula is C26H27N3O4. The first kappa shape index (κ1) is 23.4. The number of anilines is 2. The van der Waals surface area contributed by atoms with Crippen LogP contribution >= 0.6 is 0 Å². The van der Waals surface area contributed by atoms with E-state index in [1.165, 1.54) is 6.08 Å². The van der Waals surface area contributed by atoms with E-state index in [2.05, 4.69) is 16.0 Å². The first-order valence-corrected chi connectivity index (χ1v) is 10.4. The van der Waals surface area contributed by atoms with E-state index in [1.54, 1.807) is 50.6 Å². The molecule has 3 N–H and O–H groups in total. The number of hydrogen-bond acceptors (Lipinski definition) is 4. The number of rotatable bonds is 8. The van der Waals surface area contributed by atoms with Crippen molar-refractivity contribution in [3.8, 4) is 11.5 Å². The van der Waals surface area contributed by atoms with E-state index in [4.69, 9.17) is 9.47 Å². The molecule has 7 nitrogen and oxygen atoms in total. The topological polar surface area (TPSA) is 88.7 Å². The zero-order chi connectivity index (χ0) is 23.6. The molecule has 0 heterocycles. The number of nitrogens with one attached hydrogen (secondary N) is 3. The van der Waals surface area contributed by atoms with Crippen molar-refractivity contribution in [1.82, 2.24) is 5.32 Å². The number of carbonyl (C=O) groups excluding carboxylic acids is 2. The van der Waals surface area contributed by atoms with Crippen LogP contribution in [-0.4, -0.2) is 26.2 Å². The van der Waals surface area contributed by atoms with Crippen LogP contribution in [-0.2, 0) is 4.79 Å². The zero-order valence-corrected chi connectivity index (χ0v) is 18.8. The van der Waals surface area contributed by atoms with Gasteiger partial charge in [-0.3, -0.25) is 4.79 Å². The first-order chi connectivity index (χ1) is 16.0. The quantitative estimate of drug-likeness (QED) is 0.414. The third-order valence-electron chi connectivity index (χ3n) is 4.91. The van der Waals surface area contributed by atoms with Crippen molar-refractivity contribution >= 4 is 29.4 Å². The smallest absolute Gasteiger partial charge is 0.323 e. The van der Waals surface area contributed by atoms with Gasteiger partial charge < -0.3 is 25.4 Å². The van der Waals surface area contributed by atoms with Gasteiger partial charge in [-0.15, -0.1) is 0 Å². The number of methoxy groups -OCH3 is 2. The van der Waals surface area contributed by atoms with Gasteiger partial charge in [-0.2, -0.15) is 0 Å². The van der Waals surface area contributed by atoms with Gasteiger partial charge in [0, 0.05) is 23.0 Å². The minimum Gasteiger partial charge on any atom is -0.497 e. The highest BCUT2D eigenvalue weighted by molar-refractivity contribution is 5.99. The average Bonchev–Trinajstić information content (AvgIpc) is 2.83. The lowest BCUT2D eigenvalue weighted by Gasteiger charge is -2.14. The van der Waals surface area contributed by atoms with Gasteiger partial charge in [-0.05, 0) is 61.0 Å². The summed E-state index contributed by atoms with van der Waals surface area (Å²) >= 11 is 0. The Hall–Kier alpha value is -4.26. The molecule has 1 unspecified atom stereocenters. The van der Waals surface area contributed by atoms with E-state index in [9.17, 15) is 9.59 Å². The average molecular weight is 446 g/mol. The molecule has 0 spiro atoms. The lowest BCUT2D eigenvalue weighted by Crippen LogP contribution is -2.24. The van der Waals surface area contributed by atoms with Crippen LogP contribution in [0.3, 0.4) is 0 Å². The van der Waals surface area contributed by atoms with Gasteiger partial charge in [0.05, 0.1) is 20.3 Å². The monoisotopic (exact) mass is 445 g/mol. The molecule has 7 heteroatoms. The highest BCUT2D eigenvalue weighted by Crippen LogP contribution is 2.25. The minimum atomic E-state index is -0.326. The van der Waals surface area contributed by atoms with Crippen LogP contribution in [0.4, 0.5) is 16.2 Å². The number of amides is 3. The van der Waals surface area contributed by atoms with Crippen LogP contribution in [0, 0.1) is 0 Å². The fourth-order valence-corrected chi connectivity index (χ4v) is 3.15. The molecule has 0 aliphatic carbocycles. The summed E-state index contributed by atoms with van der Waals surface area (Å²) in [5.74, 6) is 1.08. The largest absolute Gasteiger partial charge is 0.497 e. The Labute approximate surface area is 193 Å². The third kappa shape index (κ3) is 6.87. The van der Waals surface area contributed by atoms with Gasteiger partial charge in [0.2, 0.25) is 5.91 Å². The predicted molar refractivity (Wildman–Crippen MR) is 131 cm³/mol. The lowest BCUT2D eigenvalue weighted by atomic mass is 10.1. The Morgan fingerprint density at radius 2 is 1.52 bits per heavy atom. The van der Waals surface area contributed by atoms with Crippen molar-refractivity contribution in [2.75, 3.05) is 24.9 Å². The van der Waals surface area contributed by atoms with Gasteiger partial charge in [-0.1, -0.05) is 30.3 Å². The molecule has 3 rings (SSSR count). The summed E-state index contributed by atoms with van der Waals surface area (Å²) in [6.45, 7) is 1.89. The van der Waals surface area contributed by atoms with E-state index in [-0.39, 0.29) is 18.0 Å². The van der Waals surface area contributed by atoms with E-state index in [1.807, 2.05) is 49.4 Å². The molecule has 170 valence electrons. The van der Waals surface area contributed by atoms with Gasteiger partial charge in [0.25, 0.3) is 0 Å². The molecule has 3 amide bonds. The normalized spacial score (nSPS) is 11.5. The molecule has 3 aromatic rings. The Morgan fingerprint density at radius 1 is 0.848 bits per heavy atom. The van der Waals surface area contributed by atoms with Gasteiger partial charge in [-0.25, -0.2) is 4.79 Å². The third-order valence-corrected chi connectivity index (χ3v) is 4.91. The summed E-state index contributed by atoms with van der Waals surface area (Å²) in [5, 5.41) is 8.48. The minimum absolute atomic E-state index is 0.221. The van der Waals surface area contributed by atoms with Crippen molar-refractivity contribution < 1.29 is 19.1 Å². The number of hydrogen-bond donors (Lipinski definition) is 3. The van der Waals surface area contributed by atoms with Crippen LogP contribution < -0.4 is 25.4 Å². The lowest BCUT2D eigenvalue weighted by molar-refractivity contribution is -0.117. The molecule has 1 atom stereocenters. The van der Waals surface area contributed by atoms with Crippen molar-refractivity contribution in [2.45, 2.75) is 13.0 Å². The van der Waals surface area contributed by atoms with E-state index < -0.39 is 0 Å². The molecule has 0 saturated heterocycles. The Balaban J connectivity index is 1.56. The van der Waals surface area contributed by atoms with E-state index in [0.29, 0.717) is 22.9 Å². The Morgan fingerprint density at radius 3 is 2.15 bits per heavy atom. The Kier molecular flexibility index (Phi) is 8.07. The van der Waals surface area contributed by atoms with Crippen LogP contribution in [0.25, 0.3) is 6.08 Å². The number of urea groups is 1. The van der Waals surface area contributed by atoms with Crippen molar-refractivity contribution in [3.05, 3.63) is 90.0 Å². The fraction of sp³-hybridized carbons (Fsp3) is 0.154. The molecule has 0 saturated carbocycles. The maximum absolute atomic E-state index is 12.4. The predicted octanol–water partition coefficient (Wildman–Crippen LogP) is 5.24. The second-order valence-electron chi connectivity index (χ2n) is 7.24. The molecular weight excluding hydrogens is 418 g/mol. The standard InChI is InChI=1S/C26H27N3O4/c1-18(27-25(30)16-11-20-17-23(32-2)14-15-24(20)33-3)19-9-12-22(13-10-19)29-26(31)28-21-7-5-4-6-8-21/h4-18H,1-3H3,(H,27,30)(H2,28,29,31). The van der Waals surface area contributed by atoms with Crippen LogP contribution in [0.2, 0.25) is 0 Å². The van der Waals surface area contributed by atoms with Crippen LogP contribution in [0.5, 0.6) is 11.5 Å². The highest BCUT2D eigenvalue weighted by Gasteiger charge is 2.09. The molecule has 0 aromatic heterocycles. The maximum Gasteiger partial charge on any atom is 0.323 e. The second-order valence-corrected chi connectivity index (χ2v) is 7.24. The first-order valence-electron chi connectivity index (χ1n) is 10.4. The summed E-state index contributed by atoms with van der Waals surface area (Å²) in [7, 11) is 3.16. The summed E-state index contributed by atoms with van der Waals surface area (Å²) < 4.78 is 10.6. The number of ether oxygens (including phenoxy) is 2. The molecule has 0 fully saturated rings. The van der Waals surface area contributed by atoms with Crippen LogP contribution in [0.15, 0.2) is 78.9 Å². The van der Waals surface area contributed by atoms with Crippen molar-refractivity contribution in [2.24, 2.45) is 0 Å². The summed E-state index contributed by atoms with van der Waals surface area (Å²) in [5.41, 5.74) is 3.01. The Bertz CT molecular complexity index is 1110. The zero-order valence-electron chi connectivity index (χ0n) is 18.8. The SMILES string of the molecule is COc1ccc(OC)c(C=CC(=O)NC(C)c2ccc(NC(=O)Nc3ccccc3)cc2)c1. The summed E-state index contributed by atoms with van der Waals surface area (Å²) in [4.78, 5) is 24.5. The van der Waals surface area contributed by atoms with Crippen LogP contribution in [0.1, 0.15) is 24.1 Å².